The van der Waals surface area contributed by atoms with E-state index in [-0.39, 0.29) is 0 Å². The quantitative estimate of drug-likeness (QED) is 0.518. The molecule has 0 unspecified atom stereocenters. The Labute approximate surface area is 146 Å². The van der Waals surface area contributed by atoms with Gasteiger partial charge in [0.15, 0.2) is 0 Å². The normalized spacial score (nSPS) is 11.2. The second-order valence-corrected chi connectivity index (χ2v) is 7.99. The van der Waals surface area contributed by atoms with E-state index in [1.807, 2.05) is 44.2 Å². The number of hydrogen-bond acceptors (Lipinski definition) is 5. The smallest absolute Gasteiger partial charge is 0.337 e. The minimum absolute atomic E-state index is 0.377. The van der Waals surface area contributed by atoms with Crippen LogP contribution in [0.3, 0.4) is 0 Å². The van der Waals surface area contributed by atoms with E-state index in [0.29, 0.717) is 11.3 Å². The maximum Gasteiger partial charge on any atom is 0.337 e. The Bertz CT molecular complexity index is 1090. The van der Waals surface area contributed by atoms with Gasteiger partial charge in [-0.1, -0.05) is 0 Å². The Morgan fingerprint density at radius 3 is 2.79 bits per heavy atom. The highest BCUT2D eigenvalue weighted by Crippen LogP contribution is 2.37. The highest BCUT2D eigenvalue weighted by molar-refractivity contribution is 7.19. The summed E-state index contributed by atoms with van der Waals surface area (Å²) in [6.45, 7) is 3.87. The van der Waals surface area contributed by atoms with Gasteiger partial charge in [0.2, 0.25) is 0 Å². The lowest BCUT2D eigenvalue weighted by atomic mass is 10.1. The van der Waals surface area contributed by atoms with Gasteiger partial charge < -0.3 is 9.84 Å². The Morgan fingerprint density at radius 1 is 1.17 bits per heavy atom. The monoisotopic (exact) mass is 355 g/mol. The van der Waals surface area contributed by atoms with Crippen LogP contribution in [-0.2, 0) is 0 Å². The summed E-state index contributed by atoms with van der Waals surface area (Å²) < 4.78 is 7.98. The lowest BCUT2D eigenvalue weighted by Crippen LogP contribution is -1.96. The van der Waals surface area contributed by atoms with Crippen LogP contribution in [0.25, 0.3) is 20.3 Å². The summed E-state index contributed by atoms with van der Waals surface area (Å²) in [4.78, 5) is 17.7. The molecule has 4 nitrogen and oxygen atoms in total. The zero-order valence-corrected chi connectivity index (χ0v) is 14.6. The fourth-order valence-corrected chi connectivity index (χ4v) is 4.77. The highest BCUT2D eigenvalue weighted by atomic mass is 32.1. The molecule has 0 fully saturated rings. The summed E-state index contributed by atoms with van der Waals surface area (Å²) in [7, 11) is 0. The number of carboxylic acid groups (broad SMARTS) is 1. The zero-order chi connectivity index (χ0) is 16.8. The SMILES string of the molecule is Cc1cc2nccc(Oc3ccc4c(C(=O)O)c(C)sc4c3)c2s1. The minimum atomic E-state index is -0.891. The largest absolute Gasteiger partial charge is 0.478 e. The molecule has 3 heterocycles. The molecule has 0 bridgehead atoms. The second kappa shape index (κ2) is 5.58. The Balaban J connectivity index is 1.78. The third kappa shape index (κ3) is 2.44. The van der Waals surface area contributed by atoms with Gasteiger partial charge in [0.1, 0.15) is 11.5 Å². The summed E-state index contributed by atoms with van der Waals surface area (Å²) in [6, 6.07) is 9.41. The van der Waals surface area contributed by atoms with Crippen molar-refractivity contribution in [2.75, 3.05) is 0 Å². The lowest BCUT2D eigenvalue weighted by molar-refractivity contribution is 0.0699. The van der Waals surface area contributed by atoms with E-state index in [4.69, 9.17) is 4.74 Å². The zero-order valence-electron chi connectivity index (χ0n) is 13.0. The van der Waals surface area contributed by atoms with Crippen LogP contribution in [0.2, 0.25) is 0 Å². The van der Waals surface area contributed by atoms with Gasteiger partial charge in [-0.25, -0.2) is 4.79 Å². The van der Waals surface area contributed by atoms with Crippen molar-refractivity contribution in [3.63, 3.8) is 0 Å². The molecule has 0 saturated heterocycles. The number of fused-ring (bicyclic) bond motifs is 2. The van der Waals surface area contributed by atoms with Gasteiger partial charge in [-0.15, -0.1) is 22.7 Å². The van der Waals surface area contributed by atoms with Crippen molar-refractivity contribution in [1.29, 1.82) is 0 Å². The predicted molar refractivity (Wildman–Crippen MR) is 98.0 cm³/mol. The molecule has 120 valence electrons. The number of benzene rings is 1. The lowest BCUT2D eigenvalue weighted by Gasteiger charge is -2.06. The summed E-state index contributed by atoms with van der Waals surface area (Å²) in [5.41, 5.74) is 1.30. The molecule has 1 aromatic carbocycles. The molecule has 0 atom stereocenters. The van der Waals surface area contributed by atoms with E-state index in [1.165, 1.54) is 16.2 Å². The number of nitrogens with zero attached hydrogens (tertiary/aromatic N) is 1. The van der Waals surface area contributed by atoms with Crippen molar-refractivity contribution in [3.05, 3.63) is 51.8 Å². The van der Waals surface area contributed by atoms with E-state index >= 15 is 0 Å². The number of aryl methyl sites for hydroxylation is 2. The molecule has 0 aliphatic heterocycles. The molecule has 3 aromatic heterocycles. The van der Waals surface area contributed by atoms with E-state index < -0.39 is 5.97 Å². The summed E-state index contributed by atoms with van der Waals surface area (Å²) in [5, 5.41) is 10.1. The number of carboxylic acids is 1. The summed E-state index contributed by atoms with van der Waals surface area (Å²) in [6.07, 6.45) is 1.74. The number of thiophene rings is 2. The number of pyridine rings is 1. The third-order valence-electron chi connectivity index (χ3n) is 3.78. The van der Waals surface area contributed by atoms with Crippen molar-refractivity contribution in [2.45, 2.75) is 13.8 Å². The van der Waals surface area contributed by atoms with Crippen molar-refractivity contribution < 1.29 is 14.6 Å². The Kier molecular flexibility index (Phi) is 3.51. The molecule has 4 rings (SSSR count). The maximum atomic E-state index is 11.4. The molecule has 0 aliphatic carbocycles. The average Bonchev–Trinajstić information content (AvgIpc) is 3.05. The number of rotatable bonds is 3. The fraction of sp³-hybridized carbons (Fsp3) is 0.111. The maximum absolute atomic E-state index is 11.4. The van der Waals surface area contributed by atoms with Crippen LogP contribution >= 0.6 is 22.7 Å². The van der Waals surface area contributed by atoms with Gasteiger partial charge in [-0.2, -0.15) is 0 Å². The van der Waals surface area contributed by atoms with Crippen molar-refractivity contribution >= 4 is 48.9 Å². The van der Waals surface area contributed by atoms with Crippen LogP contribution < -0.4 is 4.74 Å². The molecule has 0 radical (unpaired) electrons. The first-order valence-corrected chi connectivity index (χ1v) is 8.95. The summed E-state index contributed by atoms with van der Waals surface area (Å²) in [5.74, 6) is 0.570. The van der Waals surface area contributed by atoms with Crippen LogP contribution in [0.15, 0.2) is 36.5 Å². The number of aromatic carboxylic acids is 1. The fourth-order valence-electron chi connectivity index (χ4n) is 2.77. The number of aromatic nitrogens is 1. The standard InChI is InChI=1S/C18H13NO3S2/c1-9-7-13-17(23-9)14(5-6-19-13)22-11-3-4-12-15(8-11)24-10(2)16(12)18(20)21/h3-8H,1-2H3,(H,20,21). The Morgan fingerprint density at radius 2 is 2.00 bits per heavy atom. The van der Waals surface area contributed by atoms with E-state index in [9.17, 15) is 9.90 Å². The number of hydrogen-bond donors (Lipinski definition) is 1. The predicted octanol–water partition coefficient (Wildman–Crippen LogP) is 5.62. The number of ether oxygens (including phenoxy) is 1. The molecule has 0 spiro atoms. The van der Waals surface area contributed by atoms with Gasteiger partial charge in [-0.3, -0.25) is 4.98 Å². The van der Waals surface area contributed by atoms with Gasteiger partial charge in [0, 0.05) is 32.1 Å². The molecule has 6 heteroatoms. The van der Waals surface area contributed by atoms with Crippen molar-refractivity contribution in [2.24, 2.45) is 0 Å². The van der Waals surface area contributed by atoms with Crippen LogP contribution in [0.1, 0.15) is 20.1 Å². The molecule has 0 amide bonds. The molecule has 24 heavy (non-hydrogen) atoms. The van der Waals surface area contributed by atoms with Crippen LogP contribution in [0, 0.1) is 13.8 Å². The van der Waals surface area contributed by atoms with Gasteiger partial charge in [0.25, 0.3) is 0 Å². The van der Waals surface area contributed by atoms with Crippen molar-refractivity contribution in [3.8, 4) is 11.5 Å². The van der Waals surface area contributed by atoms with Gasteiger partial charge in [-0.05, 0) is 38.1 Å². The third-order valence-corrected chi connectivity index (χ3v) is 5.90. The minimum Gasteiger partial charge on any atom is -0.478 e. The number of carbonyl (C=O) groups is 1. The van der Waals surface area contributed by atoms with E-state index in [1.54, 1.807) is 17.5 Å². The van der Waals surface area contributed by atoms with Crippen LogP contribution in [-0.4, -0.2) is 16.1 Å². The second-order valence-electron chi connectivity index (χ2n) is 5.48. The summed E-state index contributed by atoms with van der Waals surface area (Å²) >= 11 is 3.12. The van der Waals surface area contributed by atoms with Gasteiger partial charge >= 0.3 is 5.97 Å². The molecular weight excluding hydrogens is 342 g/mol. The molecular formula is C18H13NO3S2. The van der Waals surface area contributed by atoms with Crippen LogP contribution in [0.4, 0.5) is 0 Å². The molecule has 1 N–H and O–H groups in total. The first-order chi connectivity index (χ1) is 11.5. The van der Waals surface area contributed by atoms with Crippen molar-refractivity contribution in [1.82, 2.24) is 4.98 Å². The topological polar surface area (TPSA) is 59.4 Å². The first kappa shape index (κ1) is 15.1. The Hall–Kier alpha value is -2.44. The molecule has 4 aromatic rings. The first-order valence-electron chi connectivity index (χ1n) is 7.32. The molecule has 0 aliphatic rings. The average molecular weight is 355 g/mol. The van der Waals surface area contributed by atoms with Crippen LogP contribution in [0.5, 0.6) is 11.5 Å². The highest BCUT2D eigenvalue weighted by Gasteiger charge is 2.16. The molecule has 0 saturated carbocycles. The van der Waals surface area contributed by atoms with Gasteiger partial charge in [0.05, 0.1) is 15.8 Å². The van der Waals surface area contributed by atoms with E-state index in [2.05, 4.69) is 4.98 Å². The van der Waals surface area contributed by atoms with E-state index in [0.717, 1.165) is 30.9 Å².